The number of nitrogens with one attached hydrogen (secondary N) is 2. The number of fused-ring (bicyclic) bond motifs is 1. The van der Waals surface area contributed by atoms with E-state index in [1.165, 1.54) is 14.0 Å². The Morgan fingerprint density at radius 2 is 1.48 bits per heavy atom. The Morgan fingerprint density at radius 3 is 2.19 bits per heavy atom. The summed E-state index contributed by atoms with van der Waals surface area (Å²) in [6.45, 7) is 1.36. The minimum absolute atomic E-state index is 0.276. The molecule has 0 saturated carbocycles. The quantitative estimate of drug-likeness (QED) is 0.551. The fourth-order valence-electron chi connectivity index (χ4n) is 3.60. The van der Waals surface area contributed by atoms with Crippen molar-refractivity contribution in [1.82, 2.24) is 10.6 Å². The van der Waals surface area contributed by atoms with Crippen molar-refractivity contribution in [3.63, 3.8) is 0 Å². The highest BCUT2D eigenvalue weighted by atomic mass is 16.5. The van der Waals surface area contributed by atoms with Gasteiger partial charge in [0.2, 0.25) is 11.8 Å². The molecule has 0 saturated heterocycles. The van der Waals surface area contributed by atoms with Gasteiger partial charge in [0.15, 0.2) is 0 Å². The molecule has 6 nitrogen and oxygen atoms in total. The highest BCUT2D eigenvalue weighted by Crippen LogP contribution is 2.20. The van der Waals surface area contributed by atoms with Crippen LogP contribution in [0.3, 0.4) is 0 Å². The Labute approximate surface area is 181 Å². The van der Waals surface area contributed by atoms with Crippen LogP contribution in [0.2, 0.25) is 0 Å². The molecule has 3 aromatic carbocycles. The first-order valence-corrected chi connectivity index (χ1v) is 10.1. The molecule has 0 unspecified atom stereocenters. The lowest BCUT2D eigenvalue weighted by molar-refractivity contribution is -0.145. The Bertz CT molecular complexity index is 1060. The lowest BCUT2D eigenvalue weighted by Gasteiger charge is -2.22. The van der Waals surface area contributed by atoms with Gasteiger partial charge in [-0.3, -0.25) is 9.59 Å². The second-order valence-corrected chi connectivity index (χ2v) is 7.37. The first kappa shape index (κ1) is 22.0. The van der Waals surface area contributed by atoms with E-state index in [1.807, 2.05) is 72.8 Å². The van der Waals surface area contributed by atoms with Gasteiger partial charge in [0.25, 0.3) is 0 Å². The van der Waals surface area contributed by atoms with Gasteiger partial charge in [-0.2, -0.15) is 0 Å². The molecule has 160 valence electrons. The molecule has 0 aliphatic carbocycles. The number of carbonyl (C=O) groups excluding carboxylic acids is 3. The van der Waals surface area contributed by atoms with E-state index >= 15 is 0 Å². The Balaban J connectivity index is 1.81. The lowest BCUT2D eigenvalue weighted by Crippen LogP contribution is -2.53. The highest BCUT2D eigenvalue weighted by molar-refractivity contribution is 5.91. The number of carbonyl (C=O) groups is 3. The largest absolute Gasteiger partial charge is 0.467 e. The summed E-state index contributed by atoms with van der Waals surface area (Å²) in [6, 6.07) is 21.4. The predicted molar refractivity (Wildman–Crippen MR) is 119 cm³/mol. The lowest BCUT2D eigenvalue weighted by atomic mass is 9.98. The Kier molecular flexibility index (Phi) is 7.38. The standard InChI is InChI=1S/C25H26N2O4/c1-17(28)26-22(15-18-9-4-3-5-10-18)24(29)27-23(25(30)31-2)16-20-13-8-12-19-11-6-7-14-21(19)20/h3-14,22-23H,15-16H2,1-2H3,(H,26,28)(H,27,29)/t22-,23+/m1/s1. The maximum Gasteiger partial charge on any atom is 0.328 e. The Morgan fingerprint density at radius 1 is 0.806 bits per heavy atom. The van der Waals surface area contributed by atoms with Crippen molar-refractivity contribution in [2.75, 3.05) is 7.11 Å². The zero-order valence-corrected chi connectivity index (χ0v) is 17.6. The topological polar surface area (TPSA) is 84.5 Å². The molecule has 6 heteroatoms. The third kappa shape index (κ3) is 5.92. The average molecular weight is 418 g/mol. The molecule has 0 aromatic heterocycles. The van der Waals surface area contributed by atoms with Gasteiger partial charge >= 0.3 is 5.97 Å². The monoisotopic (exact) mass is 418 g/mol. The highest BCUT2D eigenvalue weighted by Gasteiger charge is 2.27. The van der Waals surface area contributed by atoms with Crippen LogP contribution >= 0.6 is 0 Å². The number of ether oxygens (including phenoxy) is 1. The first-order chi connectivity index (χ1) is 15.0. The Hall–Kier alpha value is -3.67. The fourth-order valence-corrected chi connectivity index (χ4v) is 3.60. The molecule has 0 spiro atoms. The summed E-state index contributed by atoms with van der Waals surface area (Å²) in [6.07, 6.45) is 0.590. The van der Waals surface area contributed by atoms with E-state index in [1.54, 1.807) is 0 Å². The van der Waals surface area contributed by atoms with Gasteiger partial charge in [-0.05, 0) is 21.9 Å². The molecule has 3 aromatic rings. The zero-order valence-electron chi connectivity index (χ0n) is 17.6. The summed E-state index contributed by atoms with van der Waals surface area (Å²) in [5.41, 5.74) is 1.83. The summed E-state index contributed by atoms with van der Waals surface area (Å²) in [5.74, 6) is -1.29. The van der Waals surface area contributed by atoms with Crippen LogP contribution < -0.4 is 10.6 Å². The summed E-state index contributed by atoms with van der Waals surface area (Å²) in [4.78, 5) is 37.2. The maximum atomic E-state index is 13.0. The molecule has 2 amide bonds. The first-order valence-electron chi connectivity index (χ1n) is 10.1. The van der Waals surface area contributed by atoms with Crippen LogP contribution in [0, 0.1) is 0 Å². The van der Waals surface area contributed by atoms with E-state index in [-0.39, 0.29) is 12.3 Å². The number of rotatable bonds is 8. The number of esters is 1. The normalized spacial score (nSPS) is 12.6. The van der Waals surface area contributed by atoms with E-state index in [2.05, 4.69) is 10.6 Å². The van der Waals surface area contributed by atoms with Crippen LogP contribution in [0.1, 0.15) is 18.1 Å². The van der Waals surface area contributed by atoms with Gasteiger partial charge in [-0.1, -0.05) is 72.8 Å². The summed E-state index contributed by atoms with van der Waals surface area (Å²) in [7, 11) is 1.29. The fraction of sp³-hybridized carbons (Fsp3) is 0.240. The summed E-state index contributed by atoms with van der Waals surface area (Å²) < 4.78 is 4.94. The average Bonchev–Trinajstić information content (AvgIpc) is 2.78. The molecule has 0 heterocycles. The predicted octanol–water partition coefficient (Wildman–Crippen LogP) is 2.79. The maximum absolute atomic E-state index is 13.0. The van der Waals surface area contributed by atoms with Crippen LogP contribution in [0.4, 0.5) is 0 Å². The van der Waals surface area contributed by atoms with Crippen molar-refractivity contribution in [3.8, 4) is 0 Å². The van der Waals surface area contributed by atoms with Crippen molar-refractivity contribution in [2.24, 2.45) is 0 Å². The molecule has 0 fully saturated rings. The van der Waals surface area contributed by atoms with Crippen molar-refractivity contribution in [3.05, 3.63) is 83.9 Å². The third-order valence-electron chi connectivity index (χ3n) is 5.08. The number of benzene rings is 3. The van der Waals surface area contributed by atoms with Crippen molar-refractivity contribution >= 4 is 28.6 Å². The van der Waals surface area contributed by atoms with Crippen LogP contribution in [0.5, 0.6) is 0 Å². The second-order valence-electron chi connectivity index (χ2n) is 7.37. The molecular weight excluding hydrogens is 392 g/mol. The van der Waals surface area contributed by atoms with Gasteiger partial charge in [-0.25, -0.2) is 4.79 Å². The van der Waals surface area contributed by atoms with Crippen LogP contribution in [0.15, 0.2) is 72.8 Å². The van der Waals surface area contributed by atoms with Gasteiger partial charge in [0.05, 0.1) is 7.11 Å². The molecule has 3 rings (SSSR count). The molecule has 31 heavy (non-hydrogen) atoms. The van der Waals surface area contributed by atoms with E-state index in [4.69, 9.17) is 4.74 Å². The van der Waals surface area contributed by atoms with E-state index in [0.29, 0.717) is 6.42 Å². The molecule has 0 radical (unpaired) electrons. The van der Waals surface area contributed by atoms with Gasteiger partial charge < -0.3 is 15.4 Å². The molecule has 0 aliphatic heterocycles. The van der Waals surface area contributed by atoms with Crippen molar-refractivity contribution in [2.45, 2.75) is 31.8 Å². The molecule has 2 N–H and O–H groups in total. The minimum Gasteiger partial charge on any atom is -0.467 e. The van der Waals surface area contributed by atoms with Gasteiger partial charge in [0.1, 0.15) is 12.1 Å². The van der Waals surface area contributed by atoms with Gasteiger partial charge in [0, 0.05) is 19.8 Å². The second kappa shape index (κ2) is 10.4. The third-order valence-corrected chi connectivity index (χ3v) is 5.08. The number of amides is 2. The van der Waals surface area contributed by atoms with Crippen LogP contribution in [-0.2, 0) is 32.0 Å². The number of hydrogen-bond donors (Lipinski definition) is 2. The van der Waals surface area contributed by atoms with E-state index in [0.717, 1.165) is 21.9 Å². The van der Waals surface area contributed by atoms with E-state index in [9.17, 15) is 14.4 Å². The molecule has 0 bridgehead atoms. The number of hydrogen-bond acceptors (Lipinski definition) is 4. The SMILES string of the molecule is COC(=O)[C@H](Cc1cccc2ccccc12)NC(=O)[C@@H](Cc1ccccc1)NC(C)=O. The molecule has 0 aliphatic rings. The van der Waals surface area contributed by atoms with Gasteiger partial charge in [-0.15, -0.1) is 0 Å². The van der Waals surface area contributed by atoms with Crippen LogP contribution in [0.25, 0.3) is 10.8 Å². The smallest absolute Gasteiger partial charge is 0.328 e. The van der Waals surface area contributed by atoms with Crippen molar-refractivity contribution < 1.29 is 19.1 Å². The zero-order chi connectivity index (χ0) is 22.2. The molecule has 2 atom stereocenters. The van der Waals surface area contributed by atoms with Crippen molar-refractivity contribution in [1.29, 1.82) is 0 Å². The van der Waals surface area contributed by atoms with Crippen LogP contribution in [-0.4, -0.2) is 37.0 Å². The number of methoxy groups -OCH3 is 1. The molecular formula is C25H26N2O4. The van der Waals surface area contributed by atoms with E-state index < -0.39 is 24.0 Å². The summed E-state index contributed by atoms with van der Waals surface area (Å²) >= 11 is 0. The minimum atomic E-state index is -0.879. The summed E-state index contributed by atoms with van der Waals surface area (Å²) in [5, 5.41) is 7.52.